The van der Waals surface area contributed by atoms with Gasteiger partial charge in [-0.15, -0.1) is 0 Å². The van der Waals surface area contributed by atoms with Crippen LogP contribution in [0.2, 0.25) is 0 Å². The van der Waals surface area contributed by atoms with E-state index in [0.717, 1.165) is 0 Å². The Hall–Kier alpha value is -0.210. The van der Waals surface area contributed by atoms with Crippen molar-refractivity contribution in [2.75, 3.05) is 13.5 Å². The van der Waals surface area contributed by atoms with Gasteiger partial charge in [-0.05, 0) is 0 Å². The van der Waals surface area contributed by atoms with Gasteiger partial charge < -0.3 is 10.8 Å². The van der Waals surface area contributed by atoms with Crippen molar-refractivity contribution in [3.8, 4) is 0 Å². The van der Waals surface area contributed by atoms with Gasteiger partial charge in [0.15, 0.2) is 6.79 Å². The minimum absolute atomic E-state index is 0.498. The summed E-state index contributed by atoms with van der Waals surface area (Å²) < 4.78 is 27.8. The maximum Gasteiger partial charge on any atom is 0.403 e. The van der Waals surface area contributed by atoms with E-state index in [2.05, 4.69) is 14.1 Å². The zero-order chi connectivity index (χ0) is 7.33. The fourth-order valence-corrected chi connectivity index (χ4v) is 0.546. The van der Waals surface area contributed by atoms with E-state index in [9.17, 15) is 8.42 Å². The standard InChI is InChI=1S/C2H7NO5S/c3-1-7-9(5,6)8-2-4/h4H,1-3H2. The predicted molar refractivity (Wildman–Crippen MR) is 27.2 cm³/mol. The molecule has 0 atom stereocenters. The van der Waals surface area contributed by atoms with Crippen molar-refractivity contribution >= 4 is 10.4 Å². The van der Waals surface area contributed by atoms with Crippen LogP contribution in [0, 0.1) is 0 Å². The summed E-state index contributed by atoms with van der Waals surface area (Å²) in [6, 6.07) is 0. The molecule has 0 bridgehead atoms. The number of rotatable bonds is 4. The quantitative estimate of drug-likeness (QED) is 0.464. The molecular formula is C2H7NO5S. The number of hydrogen-bond acceptors (Lipinski definition) is 6. The van der Waals surface area contributed by atoms with Crippen molar-refractivity contribution in [3.63, 3.8) is 0 Å². The molecule has 9 heavy (non-hydrogen) atoms. The highest BCUT2D eigenvalue weighted by molar-refractivity contribution is 7.81. The second-order valence-electron chi connectivity index (χ2n) is 0.940. The SMILES string of the molecule is NCOS(=O)(=O)OCO. The van der Waals surface area contributed by atoms with Crippen LogP contribution in [0.5, 0.6) is 0 Å². The minimum atomic E-state index is -4.06. The largest absolute Gasteiger partial charge is 0.403 e. The van der Waals surface area contributed by atoms with Crippen molar-refractivity contribution in [1.29, 1.82) is 0 Å². The van der Waals surface area contributed by atoms with Gasteiger partial charge in [0.1, 0.15) is 6.73 Å². The molecule has 0 aliphatic rings. The molecule has 0 rings (SSSR count). The van der Waals surface area contributed by atoms with Gasteiger partial charge in [-0.3, -0.25) is 0 Å². The maximum absolute atomic E-state index is 10.1. The van der Waals surface area contributed by atoms with Crippen LogP contribution in [0.1, 0.15) is 0 Å². The van der Waals surface area contributed by atoms with Gasteiger partial charge in [-0.1, -0.05) is 0 Å². The first-order valence-corrected chi connectivity index (χ1v) is 3.30. The molecule has 0 spiro atoms. The number of hydrogen-bond donors (Lipinski definition) is 2. The zero-order valence-corrected chi connectivity index (χ0v) is 5.30. The Morgan fingerprint density at radius 3 is 2.33 bits per heavy atom. The van der Waals surface area contributed by atoms with Gasteiger partial charge in [0.05, 0.1) is 0 Å². The third-order valence-corrected chi connectivity index (χ3v) is 1.23. The average molecular weight is 157 g/mol. The molecule has 56 valence electrons. The summed E-state index contributed by atoms with van der Waals surface area (Å²) >= 11 is 0. The van der Waals surface area contributed by atoms with E-state index in [4.69, 9.17) is 5.11 Å². The van der Waals surface area contributed by atoms with Gasteiger partial charge in [-0.25, -0.2) is 8.37 Å². The molecule has 0 fully saturated rings. The first-order chi connectivity index (χ1) is 4.12. The van der Waals surface area contributed by atoms with Crippen molar-refractivity contribution < 1.29 is 21.9 Å². The number of aliphatic hydroxyl groups is 1. The lowest BCUT2D eigenvalue weighted by Crippen LogP contribution is -2.15. The van der Waals surface area contributed by atoms with Crippen LogP contribution in [0.25, 0.3) is 0 Å². The third-order valence-electron chi connectivity index (χ3n) is 0.409. The van der Waals surface area contributed by atoms with E-state index in [1.54, 1.807) is 0 Å². The van der Waals surface area contributed by atoms with Crippen LogP contribution in [-0.4, -0.2) is 27.0 Å². The monoisotopic (exact) mass is 157 g/mol. The van der Waals surface area contributed by atoms with Crippen LogP contribution >= 0.6 is 0 Å². The molecule has 7 heteroatoms. The van der Waals surface area contributed by atoms with E-state index in [0.29, 0.717) is 0 Å². The molecule has 0 saturated carbocycles. The number of nitrogens with two attached hydrogens (primary N) is 1. The van der Waals surface area contributed by atoms with Gasteiger partial charge >= 0.3 is 10.4 Å². The van der Waals surface area contributed by atoms with Crippen LogP contribution in [0.15, 0.2) is 0 Å². The Labute approximate surface area is 52.5 Å². The molecule has 0 aromatic rings. The predicted octanol–water partition coefficient (Wildman–Crippen LogP) is -1.87. The summed E-state index contributed by atoms with van der Waals surface area (Å²) in [5.41, 5.74) is 4.68. The highest BCUT2D eigenvalue weighted by Crippen LogP contribution is 1.90. The highest BCUT2D eigenvalue weighted by Gasteiger charge is 2.07. The Morgan fingerprint density at radius 2 is 2.00 bits per heavy atom. The van der Waals surface area contributed by atoms with Crippen LogP contribution in [0.4, 0.5) is 0 Å². The van der Waals surface area contributed by atoms with E-state index < -0.39 is 23.9 Å². The molecule has 0 heterocycles. The van der Waals surface area contributed by atoms with Crippen LogP contribution in [-0.2, 0) is 18.8 Å². The Balaban J connectivity index is 3.73. The molecule has 0 saturated heterocycles. The van der Waals surface area contributed by atoms with Gasteiger partial charge in [0.2, 0.25) is 0 Å². The molecule has 0 unspecified atom stereocenters. The lowest BCUT2D eigenvalue weighted by atomic mass is 11.4. The van der Waals surface area contributed by atoms with Crippen molar-refractivity contribution in [1.82, 2.24) is 0 Å². The molecule has 0 aromatic carbocycles. The molecule has 0 aliphatic carbocycles. The molecule has 3 N–H and O–H groups in total. The normalized spacial score (nSPS) is 11.8. The van der Waals surface area contributed by atoms with Gasteiger partial charge in [0.25, 0.3) is 0 Å². The molecule has 0 aromatic heterocycles. The third kappa shape index (κ3) is 4.30. The fraction of sp³-hybridized carbons (Fsp3) is 1.00. The topological polar surface area (TPSA) is 98.9 Å². The maximum atomic E-state index is 10.1. The number of aliphatic hydroxyl groups excluding tert-OH is 1. The second kappa shape index (κ2) is 3.75. The van der Waals surface area contributed by atoms with E-state index in [-0.39, 0.29) is 0 Å². The van der Waals surface area contributed by atoms with Crippen molar-refractivity contribution in [2.45, 2.75) is 0 Å². The highest BCUT2D eigenvalue weighted by atomic mass is 32.3. The summed E-state index contributed by atoms with van der Waals surface area (Å²) in [5.74, 6) is 0. The van der Waals surface area contributed by atoms with Crippen LogP contribution < -0.4 is 5.73 Å². The average Bonchev–Trinajstić information content (AvgIpc) is 1.64. The second-order valence-corrected chi connectivity index (χ2v) is 2.23. The lowest BCUT2D eigenvalue weighted by Gasteiger charge is -1.98. The molecular weight excluding hydrogens is 150 g/mol. The van der Waals surface area contributed by atoms with Gasteiger partial charge in [-0.2, -0.15) is 8.42 Å². The first-order valence-electron chi connectivity index (χ1n) is 1.97. The molecule has 6 nitrogen and oxygen atoms in total. The molecule has 0 radical (unpaired) electrons. The smallest absolute Gasteiger partial charge is 0.369 e. The van der Waals surface area contributed by atoms with E-state index >= 15 is 0 Å². The van der Waals surface area contributed by atoms with Gasteiger partial charge in [0, 0.05) is 0 Å². The van der Waals surface area contributed by atoms with E-state index in [1.165, 1.54) is 0 Å². The Bertz CT molecular complexity index is 138. The van der Waals surface area contributed by atoms with Crippen LogP contribution in [0.3, 0.4) is 0 Å². The summed E-state index contributed by atoms with van der Waals surface area (Å²) in [5, 5.41) is 7.91. The Morgan fingerprint density at radius 1 is 1.44 bits per heavy atom. The minimum Gasteiger partial charge on any atom is -0.369 e. The van der Waals surface area contributed by atoms with Crippen molar-refractivity contribution in [2.24, 2.45) is 5.73 Å². The first kappa shape index (κ1) is 8.79. The summed E-state index contributed by atoms with van der Waals surface area (Å²) in [6.07, 6.45) is 0. The fourth-order valence-electron chi connectivity index (χ4n) is 0.182. The summed E-state index contributed by atoms with van der Waals surface area (Å²) in [4.78, 5) is 0. The van der Waals surface area contributed by atoms with Crippen molar-refractivity contribution in [3.05, 3.63) is 0 Å². The Kier molecular flexibility index (Phi) is 3.66. The van der Waals surface area contributed by atoms with E-state index in [1.807, 2.05) is 0 Å². The summed E-state index contributed by atoms with van der Waals surface area (Å²) in [6.45, 7) is -1.44. The molecule has 0 amide bonds. The molecule has 0 aliphatic heterocycles. The zero-order valence-electron chi connectivity index (χ0n) is 4.48. The summed E-state index contributed by atoms with van der Waals surface area (Å²) in [7, 11) is -4.06. The lowest BCUT2D eigenvalue weighted by molar-refractivity contribution is 0.0832.